The van der Waals surface area contributed by atoms with Gasteiger partial charge in [-0.1, -0.05) is 38.1 Å². The van der Waals surface area contributed by atoms with Crippen molar-refractivity contribution in [3.8, 4) is 0 Å². The van der Waals surface area contributed by atoms with Gasteiger partial charge in [-0.2, -0.15) is 0 Å². The maximum Gasteiger partial charge on any atom is 0.191 e. The quantitative estimate of drug-likeness (QED) is 0.277. The largest absolute Gasteiger partial charge is 0.379 e. The number of likely N-dealkylation sites (tertiary alicyclic amines) is 1. The number of aliphatic imine (C=N–C) groups is 1. The van der Waals surface area contributed by atoms with E-state index in [9.17, 15) is 0 Å². The molecule has 0 aliphatic carbocycles. The van der Waals surface area contributed by atoms with Crippen LogP contribution in [-0.2, 0) is 17.8 Å². The molecule has 2 saturated heterocycles. The van der Waals surface area contributed by atoms with Gasteiger partial charge in [0.2, 0.25) is 0 Å². The number of rotatable bonds is 9. The van der Waals surface area contributed by atoms with E-state index >= 15 is 0 Å². The van der Waals surface area contributed by atoms with Crippen LogP contribution in [0.2, 0.25) is 0 Å². The summed E-state index contributed by atoms with van der Waals surface area (Å²) in [5.41, 5.74) is 2.69. The highest BCUT2D eigenvalue weighted by atomic mass is 127. The maximum atomic E-state index is 5.49. The van der Waals surface area contributed by atoms with Crippen LogP contribution in [0.25, 0.3) is 0 Å². The second kappa shape index (κ2) is 15.1. The summed E-state index contributed by atoms with van der Waals surface area (Å²) in [5, 5.41) is 7.06. The van der Waals surface area contributed by atoms with Crippen LogP contribution in [0.5, 0.6) is 0 Å². The molecule has 1 atom stereocenters. The molecule has 0 radical (unpaired) electrons. The lowest BCUT2D eigenvalue weighted by Crippen LogP contribution is -2.45. The number of piperidine rings is 1. The fraction of sp³-hybridized carbons (Fsp3) is 0.720. The molecular formula is C25H44IN5O. The molecule has 2 aliphatic heterocycles. The van der Waals surface area contributed by atoms with Crippen LogP contribution in [0.15, 0.2) is 29.3 Å². The van der Waals surface area contributed by atoms with Gasteiger partial charge in [0.1, 0.15) is 0 Å². The molecule has 2 N–H and O–H groups in total. The molecule has 3 rings (SSSR count). The van der Waals surface area contributed by atoms with Crippen LogP contribution in [-0.4, -0.2) is 74.8 Å². The second-order valence-electron chi connectivity index (χ2n) is 9.39. The zero-order chi connectivity index (χ0) is 21.9. The number of hydrogen-bond donors (Lipinski definition) is 2. The summed E-state index contributed by atoms with van der Waals surface area (Å²) in [7, 11) is 0. The molecule has 1 aromatic carbocycles. The minimum atomic E-state index is 0. The van der Waals surface area contributed by atoms with Gasteiger partial charge >= 0.3 is 0 Å². The van der Waals surface area contributed by atoms with Gasteiger partial charge in [-0.05, 0) is 49.3 Å². The van der Waals surface area contributed by atoms with E-state index in [1.165, 1.54) is 43.6 Å². The van der Waals surface area contributed by atoms with E-state index in [0.29, 0.717) is 12.5 Å². The Kier molecular flexibility index (Phi) is 12.9. The molecule has 0 bridgehead atoms. The van der Waals surface area contributed by atoms with Crippen molar-refractivity contribution in [3.63, 3.8) is 0 Å². The third-order valence-electron chi connectivity index (χ3n) is 6.15. The molecule has 32 heavy (non-hydrogen) atoms. The molecule has 2 fully saturated rings. The Morgan fingerprint density at radius 1 is 1.09 bits per heavy atom. The van der Waals surface area contributed by atoms with Gasteiger partial charge in [0.05, 0.1) is 19.8 Å². The van der Waals surface area contributed by atoms with Crippen LogP contribution < -0.4 is 10.6 Å². The predicted octanol–water partition coefficient (Wildman–Crippen LogP) is 3.56. The number of nitrogens with one attached hydrogen (secondary N) is 2. The van der Waals surface area contributed by atoms with E-state index in [1.807, 2.05) is 0 Å². The molecule has 0 spiro atoms. The Hall–Kier alpha value is -0.900. The number of morpholine rings is 1. The van der Waals surface area contributed by atoms with E-state index in [1.54, 1.807) is 0 Å². The second-order valence-corrected chi connectivity index (χ2v) is 9.39. The fourth-order valence-corrected chi connectivity index (χ4v) is 4.61. The van der Waals surface area contributed by atoms with Crippen LogP contribution in [0.3, 0.4) is 0 Å². The summed E-state index contributed by atoms with van der Waals surface area (Å²) in [4.78, 5) is 10.0. The first-order valence-corrected chi connectivity index (χ1v) is 12.3. The summed E-state index contributed by atoms with van der Waals surface area (Å²) in [5.74, 6) is 2.37. The maximum absolute atomic E-state index is 5.49. The molecule has 182 valence electrons. The summed E-state index contributed by atoms with van der Waals surface area (Å²) in [6.07, 6.45) is 2.62. The monoisotopic (exact) mass is 557 g/mol. The van der Waals surface area contributed by atoms with Crippen molar-refractivity contribution >= 4 is 29.9 Å². The average Bonchev–Trinajstić information content (AvgIpc) is 2.77. The SMILES string of the molecule is CCNC(=NCc1ccccc1CN1CCOCC1)NCC1CCCN(CC(C)C)C1.I. The van der Waals surface area contributed by atoms with Gasteiger partial charge in [0.15, 0.2) is 5.96 Å². The van der Waals surface area contributed by atoms with Gasteiger partial charge in [-0.15, -0.1) is 24.0 Å². The van der Waals surface area contributed by atoms with Gasteiger partial charge < -0.3 is 20.3 Å². The molecule has 1 unspecified atom stereocenters. The average molecular weight is 558 g/mol. The molecule has 7 heteroatoms. The normalized spacial score (nSPS) is 20.8. The Morgan fingerprint density at radius 3 is 2.56 bits per heavy atom. The topological polar surface area (TPSA) is 52.1 Å². The third kappa shape index (κ3) is 9.53. The van der Waals surface area contributed by atoms with Crippen LogP contribution in [0, 0.1) is 11.8 Å². The van der Waals surface area contributed by atoms with Crippen molar-refractivity contribution in [2.24, 2.45) is 16.8 Å². The highest BCUT2D eigenvalue weighted by Crippen LogP contribution is 2.17. The first kappa shape index (κ1) is 27.3. The number of nitrogens with zero attached hydrogens (tertiary/aromatic N) is 3. The van der Waals surface area contributed by atoms with Crippen molar-refractivity contribution in [2.75, 3.05) is 59.0 Å². The molecule has 0 saturated carbocycles. The minimum Gasteiger partial charge on any atom is -0.379 e. The summed E-state index contributed by atoms with van der Waals surface area (Å²) in [6, 6.07) is 8.72. The van der Waals surface area contributed by atoms with E-state index in [0.717, 1.165) is 57.8 Å². The Bertz CT molecular complexity index is 678. The van der Waals surface area contributed by atoms with Gasteiger partial charge in [-0.25, -0.2) is 4.99 Å². The fourth-order valence-electron chi connectivity index (χ4n) is 4.61. The van der Waals surface area contributed by atoms with E-state index < -0.39 is 0 Å². The molecule has 0 aromatic heterocycles. The Morgan fingerprint density at radius 2 is 1.84 bits per heavy atom. The molecule has 2 heterocycles. The number of guanidine groups is 1. The van der Waals surface area contributed by atoms with Gasteiger partial charge in [0.25, 0.3) is 0 Å². The molecule has 2 aliphatic rings. The van der Waals surface area contributed by atoms with Crippen molar-refractivity contribution in [1.82, 2.24) is 20.4 Å². The van der Waals surface area contributed by atoms with E-state index in [4.69, 9.17) is 9.73 Å². The molecular weight excluding hydrogens is 513 g/mol. The van der Waals surface area contributed by atoms with Crippen molar-refractivity contribution in [1.29, 1.82) is 0 Å². The van der Waals surface area contributed by atoms with Crippen LogP contribution >= 0.6 is 24.0 Å². The van der Waals surface area contributed by atoms with E-state index in [2.05, 4.69) is 65.5 Å². The summed E-state index contributed by atoms with van der Waals surface area (Å²) in [6.45, 7) is 17.7. The highest BCUT2D eigenvalue weighted by Gasteiger charge is 2.20. The Labute approximate surface area is 212 Å². The molecule has 6 nitrogen and oxygen atoms in total. The lowest BCUT2D eigenvalue weighted by atomic mass is 9.97. The lowest BCUT2D eigenvalue weighted by molar-refractivity contribution is 0.0341. The highest BCUT2D eigenvalue weighted by molar-refractivity contribution is 14.0. The zero-order valence-electron chi connectivity index (χ0n) is 20.3. The van der Waals surface area contributed by atoms with Crippen LogP contribution in [0.4, 0.5) is 0 Å². The number of ether oxygens (including phenoxy) is 1. The molecule has 0 amide bonds. The minimum absolute atomic E-state index is 0. The first-order chi connectivity index (χ1) is 15.1. The number of halogens is 1. The number of benzene rings is 1. The van der Waals surface area contributed by atoms with Gasteiger partial charge in [0, 0.05) is 45.8 Å². The standard InChI is InChI=1S/C25H43N5O.HI/c1-4-26-25(27-16-22-8-7-11-30(19-22)18-21(2)3)28-17-23-9-5-6-10-24(23)20-29-12-14-31-15-13-29;/h5-6,9-10,21-22H,4,7-8,11-20H2,1-3H3,(H2,26,27,28);1H. The predicted molar refractivity (Wildman–Crippen MR) is 145 cm³/mol. The first-order valence-electron chi connectivity index (χ1n) is 12.3. The van der Waals surface area contributed by atoms with Crippen molar-refractivity contribution in [3.05, 3.63) is 35.4 Å². The smallest absolute Gasteiger partial charge is 0.191 e. The van der Waals surface area contributed by atoms with Crippen molar-refractivity contribution in [2.45, 2.75) is 46.7 Å². The number of hydrogen-bond acceptors (Lipinski definition) is 4. The zero-order valence-corrected chi connectivity index (χ0v) is 22.6. The van der Waals surface area contributed by atoms with Crippen molar-refractivity contribution < 1.29 is 4.74 Å². The Balaban J connectivity index is 0.00000363. The lowest BCUT2D eigenvalue weighted by Gasteiger charge is -2.34. The third-order valence-corrected chi connectivity index (χ3v) is 6.15. The van der Waals surface area contributed by atoms with Gasteiger partial charge in [-0.3, -0.25) is 4.90 Å². The molecule has 1 aromatic rings. The van der Waals surface area contributed by atoms with Crippen LogP contribution in [0.1, 0.15) is 44.7 Å². The summed E-state index contributed by atoms with van der Waals surface area (Å²) >= 11 is 0. The summed E-state index contributed by atoms with van der Waals surface area (Å²) < 4.78 is 5.49. The van der Waals surface area contributed by atoms with E-state index in [-0.39, 0.29) is 24.0 Å².